The van der Waals surface area contributed by atoms with Crippen LogP contribution in [0, 0.1) is 10.1 Å². The molecule has 0 heterocycles. The monoisotopic (exact) mass is 258 g/mol. The molecule has 0 unspecified atom stereocenters. The lowest BCUT2D eigenvalue weighted by Gasteiger charge is -2.18. The fourth-order valence-electron chi connectivity index (χ4n) is 1.34. The number of anilines is 1. The van der Waals surface area contributed by atoms with Crippen molar-refractivity contribution < 1.29 is 14.8 Å². The zero-order valence-electron chi connectivity index (χ0n) is 9.09. The molecular weight excluding hydrogens is 248 g/mol. The van der Waals surface area contributed by atoms with Gasteiger partial charge in [-0.3, -0.25) is 14.9 Å². The zero-order valence-corrected chi connectivity index (χ0v) is 9.85. The van der Waals surface area contributed by atoms with Crippen molar-refractivity contribution in [1.29, 1.82) is 0 Å². The predicted octanol–water partition coefficient (Wildman–Crippen LogP) is 2.16. The van der Waals surface area contributed by atoms with Crippen molar-refractivity contribution in [2.45, 2.75) is 6.42 Å². The van der Waals surface area contributed by atoms with E-state index in [9.17, 15) is 14.9 Å². The highest BCUT2D eigenvalue weighted by Gasteiger charge is 2.17. The lowest BCUT2D eigenvalue weighted by Crippen LogP contribution is -2.21. The topological polar surface area (TPSA) is 83.7 Å². The van der Waals surface area contributed by atoms with E-state index >= 15 is 0 Å². The Morgan fingerprint density at radius 3 is 2.76 bits per heavy atom. The minimum Gasteiger partial charge on any atom is -0.481 e. The van der Waals surface area contributed by atoms with E-state index in [1.165, 1.54) is 23.1 Å². The molecule has 0 amide bonds. The Labute approximate surface area is 103 Å². The third-order valence-electron chi connectivity index (χ3n) is 2.21. The van der Waals surface area contributed by atoms with Crippen molar-refractivity contribution in [3.63, 3.8) is 0 Å². The number of carboxylic acid groups (broad SMARTS) is 1. The van der Waals surface area contributed by atoms with E-state index < -0.39 is 10.9 Å². The molecule has 0 aromatic heterocycles. The molecule has 1 aromatic carbocycles. The third-order valence-corrected chi connectivity index (χ3v) is 2.44. The Morgan fingerprint density at radius 1 is 1.59 bits per heavy atom. The predicted molar refractivity (Wildman–Crippen MR) is 63.6 cm³/mol. The van der Waals surface area contributed by atoms with Crippen LogP contribution in [0.3, 0.4) is 0 Å². The molecule has 0 spiro atoms. The lowest BCUT2D eigenvalue weighted by atomic mass is 10.2. The molecule has 0 bridgehead atoms. The van der Waals surface area contributed by atoms with Gasteiger partial charge in [-0.2, -0.15) is 0 Å². The number of halogens is 1. The number of rotatable bonds is 5. The van der Waals surface area contributed by atoms with Gasteiger partial charge in [0.25, 0.3) is 5.69 Å². The summed E-state index contributed by atoms with van der Waals surface area (Å²) in [6.45, 7) is 0.177. The second-order valence-corrected chi connectivity index (χ2v) is 3.89. The van der Waals surface area contributed by atoms with Crippen molar-refractivity contribution in [1.82, 2.24) is 0 Å². The van der Waals surface area contributed by atoms with E-state index in [-0.39, 0.29) is 18.7 Å². The summed E-state index contributed by atoms with van der Waals surface area (Å²) >= 11 is 5.76. The smallest absolute Gasteiger partial charge is 0.305 e. The third kappa shape index (κ3) is 3.60. The minimum absolute atomic E-state index is 0.0951. The summed E-state index contributed by atoms with van der Waals surface area (Å²) in [6.07, 6.45) is -0.0971. The number of nitrogens with zero attached hydrogens (tertiary/aromatic N) is 2. The number of carbonyl (C=O) groups is 1. The van der Waals surface area contributed by atoms with Gasteiger partial charge in [-0.05, 0) is 12.1 Å². The molecule has 0 aliphatic rings. The maximum absolute atomic E-state index is 10.8. The molecule has 7 heteroatoms. The van der Waals surface area contributed by atoms with Crippen molar-refractivity contribution in [3.05, 3.63) is 33.3 Å². The fourth-order valence-corrected chi connectivity index (χ4v) is 1.51. The van der Waals surface area contributed by atoms with E-state index in [2.05, 4.69) is 0 Å². The number of nitro groups is 1. The number of hydrogen-bond acceptors (Lipinski definition) is 4. The molecule has 0 atom stereocenters. The van der Waals surface area contributed by atoms with E-state index in [1.807, 2.05) is 0 Å². The second kappa shape index (κ2) is 5.49. The number of carboxylic acids is 1. The van der Waals surface area contributed by atoms with E-state index in [0.29, 0.717) is 10.7 Å². The molecule has 17 heavy (non-hydrogen) atoms. The van der Waals surface area contributed by atoms with E-state index in [0.717, 1.165) is 0 Å². The van der Waals surface area contributed by atoms with Gasteiger partial charge in [-0.1, -0.05) is 11.6 Å². The first-order valence-corrected chi connectivity index (χ1v) is 5.16. The quantitative estimate of drug-likeness (QED) is 0.646. The summed E-state index contributed by atoms with van der Waals surface area (Å²) in [4.78, 5) is 22.2. The molecule has 0 fully saturated rings. The Kier molecular flexibility index (Phi) is 4.28. The largest absolute Gasteiger partial charge is 0.481 e. The molecule has 0 aliphatic heterocycles. The Bertz CT molecular complexity index is 450. The van der Waals surface area contributed by atoms with Gasteiger partial charge < -0.3 is 10.0 Å². The van der Waals surface area contributed by atoms with Crippen LogP contribution in [0.1, 0.15) is 6.42 Å². The average Bonchev–Trinajstić information content (AvgIpc) is 2.25. The Morgan fingerprint density at radius 2 is 2.24 bits per heavy atom. The number of nitro benzene ring substituents is 1. The van der Waals surface area contributed by atoms with Gasteiger partial charge in [0.1, 0.15) is 5.69 Å². The van der Waals surface area contributed by atoms with Gasteiger partial charge in [0.2, 0.25) is 0 Å². The van der Waals surface area contributed by atoms with Crippen molar-refractivity contribution in [2.24, 2.45) is 0 Å². The SMILES string of the molecule is CN(CCC(=O)O)c1cc(Cl)ccc1[N+](=O)[O-]. The molecular formula is C10H11ClN2O4. The zero-order chi connectivity index (χ0) is 13.0. The first-order chi connectivity index (χ1) is 7.91. The number of aliphatic carboxylic acids is 1. The molecule has 1 aromatic rings. The van der Waals surface area contributed by atoms with Crippen LogP contribution in [-0.4, -0.2) is 29.6 Å². The van der Waals surface area contributed by atoms with Gasteiger partial charge in [-0.15, -0.1) is 0 Å². The summed E-state index contributed by atoms with van der Waals surface area (Å²) in [5.74, 6) is -0.957. The summed E-state index contributed by atoms with van der Waals surface area (Å²) in [6, 6.07) is 4.17. The normalized spacial score (nSPS) is 10.0. The van der Waals surface area contributed by atoms with Crippen molar-refractivity contribution in [2.75, 3.05) is 18.5 Å². The van der Waals surface area contributed by atoms with E-state index in [1.54, 1.807) is 7.05 Å². The fraction of sp³-hybridized carbons (Fsp3) is 0.300. The molecule has 0 saturated heterocycles. The Balaban J connectivity index is 2.97. The molecule has 0 saturated carbocycles. The van der Waals surface area contributed by atoms with Crippen molar-refractivity contribution in [3.8, 4) is 0 Å². The van der Waals surface area contributed by atoms with Crippen LogP contribution < -0.4 is 4.90 Å². The molecule has 1 rings (SSSR count). The summed E-state index contributed by atoms with van der Waals surface area (Å²) in [5, 5.41) is 19.7. The first kappa shape index (κ1) is 13.2. The molecule has 6 nitrogen and oxygen atoms in total. The Hall–Kier alpha value is -1.82. The van der Waals surface area contributed by atoms with Crippen LogP contribution in [0.2, 0.25) is 5.02 Å². The maximum Gasteiger partial charge on any atom is 0.305 e. The summed E-state index contributed by atoms with van der Waals surface area (Å²) < 4.78 is 0. The van der Waals surface area contributed by atoms with Gasteiger partial charge in [0, 0.05) is 24.7 Å². The average molecular weight is 259 g/mol. The lowest BCUT2D eigenvalue weighted by molar-refractivity contribution is -0.384. The number of hydrogen-bond donors (Lipinski definition) is 1. The van der Waals surface area contributed by atoms with Gasteiger partial charge in [0.15, 0.2) is 0 Å². The van der Waals surface area contributed by atoms with Gasteiger partial charge in [-0.25, -0.2) is 0 Å². The van der Waals surface area contributed by atoms with Crippen LogP contribution in [0.4, 0.5) is 11.4 Å². The van der Waals surface area contributed by atoms with Crippen LogP contribution in [0.25, 0.3) is 0 Å². The highest BCUT2D eigenvalue weighted by Crippen LogP contribution is 2.30. The molecule has 0 aliphatic carbocycles. The van der Waals surface area contributed by atoms with Crippen LogP contribution >= 0.6 is 11.6 Å². The van der Waals surface area contributed by atoms with Crippen LogP contribution in [0.15, 0.2) is 18.2 Å². The van der Waals surface area contributed by atoms with Gasteiger partial charge >= 0.3 is 5.97 Å². The molecule has 92 valence electrons. The summed E-state index contributed by atoms with van der Waals surface area (Å²) in [7, 11) is 1.58. The van der Waals surface area contributed by atoms with Crippen LogP contribution in [-0.2, 0) is 4.79 Å². The van der Waals surface area contributed by atoms with Gasteiger partial charge in [0.05, 0.1) is 11.3 Å². The molecule has 0 radical (unpaired) electrons. The first-order valence-electron chi connectivity index (χ1n) is 4.78. The van der Waals surface area contributed by atoms with E-state index in [4.69, 9.17) is 16.7 Å². The van der Waals surface area contributed by atoms with Crippen LogP contribution in [0.5, 0.6) is 0 Å². The standard InChI is InChI=1S/C10H11ClN2O4/c1-12(5-4-10(14)15)9-6-7(11)2-3-8(9)13(16)17/h2-3,6H,4-5H2,1H3,(H,14,15). The highest BCUT2D eigenvalue weighted by molar-refractivity contribution is 6.31. The highest BCUT2D eigenvalue weighted by atomic mass is 35.5. The summed E-state index contributed by atoms with van der Waals surface area (Å²) in [5.41, 5.74) is 0.214. The second-order valence-electron chi connectivity index (χ2n) is 3.46. The number of benzene rings is 1. The molecule has 1 N–H and O–H groups in total. The maximum atomic E-state index is 10.8. The minimum atomic E-state index is -0.957. The van der Waals surface area contributed by atoms with Crippen molar-refractivity contribution >= 4 is 28.9 Å².